The first-order chi connectivity index (χ1) is 13.4. The smallest absolute Gasteiger partial charge is 0.309 e. The van der Waals surface area contributed by atoms with Crippen LogP contribution in [0.3, 0.4) is 0 Å². The first-order valence-electron chi connectivity index (χ1n) is 10.2. The van der Waals surface area contributed by atoms with Crippen LogP contribution in [0.25, 0.3) is 11.1 Å². The number of carboxylic acid groups (broad SMARTS) is 1. The van der Waals surface area contributed by atoms with Crippen LogP contribution >= 0.6 is 0 Å². The molecule has 0 aliphatic carbocycles. The third-order valence-electron chi connectivity index (χ3n) is 6.22. The minimum Gasteiger partial charge on any atom is -0.487 e. The molecule has 0 unspecified atom stereocenters. The number of hydrogen-bond donors (Lipinski definition) is 1. The number of rotatable bonds is 4. The average Bonchev–Trinajstić information content (AvgIpc) is 2.68. The lowest BCUT2D eigenvalue weighted by molar-refractivity contribution is -0.188. The summed E-state index contributed by atoms with van der Waals surface area (Å²) >= 11 is 0. The van der Waals surface area contributed by atoms with Crippen LogP contribution in [-0.4, -0.2) is 22.8 Å². The van der Waals surface area contributed by atoms with E-state index in [9.17, 15) is 9.90 Å². The molecule has 1 fully saturated rings. The fourth-order valence-corrected chi connectivity index (χ4v) is 4.71. The average molecular weight is 380 g/mol. The summed E-state index contributed by atoms with van der Waals surface area (Å²) in [5.74, 6) is -0.408. The van der Waals surface area contributed by atoms with Crippen LogP contribution in [0.4, 0.5) is 0 Å². The third-order valence-corrected chi connectivity index (χ3v) is 6.22. The molecule has 28 heavy (non-hydrogen) atoms. The van der Waals surface area contributed by atoms with Gasteiger partial charge in [0.25, 0.3) is 0 Å². The van der Waals surface area contributed by atoms with Crippen molar-refractivity contribution >= 4 is 5.97 Å². The summed E-state index contributed by atoms with van der Waals surface area (Å²) in [5, 5.41) is 9.76. The fourth-order valence-electron chi connectivity index (χ4n) is 4.71. The molecule has 4 rings (SSSR count). The monoisotopic (exact) mass is 380 g/mol. The molecule has 4 heteroatoms. The second-order valence-corrected chi connectivity index (χ2v) is 8.49. The first-order valence-corrected chi connectivity index (χ1v) is 10.2. The van der Waals surface area contributed by atoms with Gasteiger partial charge < -0.3 is 14.6 Å². The number of hydrogen-bond acceptors (Lipinski definition) is 3. The Morgan fingerprint density at radius 2 is 1.89 bits per heavy atom. The lowest BCUT2D eigenvalue weighted by atomic mass is 9.71. The van der Waals surface area contributed by atoms with E-state index in [1.807, 2.05) is 38.1 Å². The Morgan fingerprint density at radius 1 is 1.14 bits per heavy atom. The van der Waals surface area contributed by atoms with E-state index in [0.717, 1.165) is 35.3 Å². The Morgan fingerprint density at radius 3 is 2.57 bits per heavy atom. The van der Waals surface area contributed by atoms with Gasteiger partial charge >= 0.3 is 5.97 Å². The van der Waals surface area contributed by atoms with Crippen LogP contribution in [-0.2, 0) is 9.53 Å². The van der Waals surface area contributed by atoms with Gasteiger partial charge in [-0.25, -0.2) is 0 Å². The summed E-state index contributed by atoms with van der Waals surface area (Å²) in [6.07, 6.45) is 1.84. The number of carboxylic acids is 1. The van der Waals surface area contributed by atoms with E-state index in [1.165, 1.54) is 0 Å². The lowest BCUT2D eigenvalue weighted by Crippen LogP contribution is -2.52. The van der Waals surface area contributed by atoms with Gasteiger partial charge in [0.1, 0.15) is 11.4 Å². The molecule has 0 saturated carbocycles. The molecule has 4 nitrogen and oxygen atoms in total. The third kappa shape index (κ3) is 3.30. The number of aliphatic carboxylic acids is 1. The molecule has 2 aromatic rings. The van der Waals surface area contributed by atoms with E-state index in [1.54, 1.807) is 0 Å². The van der Waals surface area contributed by atoms with Gasteiger partial charge in [-0.3, -0.25) is 4.79 Å². The van der Waals surface area contributed by atoms with E-state index in [0.29, 0.717) is 6.42 Å². The summed E-state index contributed by atoms with van der Waals surface area (Å²) in [7, 11) is 0. The van der Waals surface area contributed by atoms with Gasteiger partial charge in [-0.1, -0.05) is 49.7 Å². The van der Waals surface area contributed by atoms with Crippen LogP contribution in [0.1, 0.15) is 51.7 Å². The molecule has 4 atom stereocenters. The maximum Gasteiger partial charge on any atom is 0.309 e. The topological polar surface area (TPSA) is 55.8 Å². The maximum atomic E-state index is 11.9. The predicted octanol–water partition coefficient (Wildman–Crippen LogP) is 5.47. The predicted molar refractivity (Wildman–Crippen MR) is 108 cm³/mol. The number of carbonyl (C=O) groups is 1. The normalized spacial score (nSPS) is 28.0. The molecular formula is C24H28O4. The van der Waals surface area contributed by atoms with Crippen molar-refractivity contribution in [2.24, 2.45) is 11.8 Å². The van der Waals surface area contributed by atoms with Crippen LogP contribution in [0, 0.1) is 11.8 Å². The molecule has 0 radical (unpaired) electrons. The zero-order chi connectivity index (χ0) is 19.9. The molecule has 2 aromatic carbocycles. The van der Waals surface area contributed by atoms with Gasteiger partial charge in [0, 0.05) is 11.5 Å². The van der Waals surface area contributed by atoms with E-state index in [2.05, 4.69) is 31.2 Å². The largest absolute Gasteiger partial charge is 0.487 e. The van der Waals surface area contributed by atoms with E-state index < -0.39 is 17.5 Å². The summed E-state index contributed by atoms with van der Waals surface area (Å²) in [5.41, 5.74) is 2.83. The Bertz CT molecular complexity index is 858. The molecule has 0 spiro atoms. The van der Waals surface area contributed by atoms with Gasteiger partial charge in [0.05, 0.1) is 18.1 Å². The van der Waals surface area contributed by atoms with E-state index >= 15 is 0 Å². The van der Waals surface area contributed by atoms with E-state index in [-0.39, 0.29) is 18.1 Å². The number of fused-ring (bicyclic) bond motifs is 3. The van der Waals surface area contributed by atoms with Crippen LogP contribution in [0.5, 0.6) is 5.75 Å². The molecule has 2 aliphatic heterocycles. The summed E-state index contributed by atoms with van der Waals surface area (Å²) in [4.78, 5) is 11.9. The van der Waals surface area contributed by atoms with Gasteiger partial charge in [-0.15, -0.1) is 0 Å². The molecule has 2 heterocycles. The van der Waals surface area contributed by atoms with Crippen molar-refractivity contribution in [2.45, 2.75) is 57.8 Å². The first kappa shape index (κ1) is 19.0. The van der Waals surface area contributed by atoms with Crippen molar-refractivity contribution < 1.29 is 19.4 Å². The zero-order valence-corrected chi connectivity index (χ0v) is 16.7. The number of benzene rings is 2. The second kappa shape index (κ2) is 7.25. The lowest BCUT2D eigenvalue weighted by Gasteiger charge is -2.50. The van der Waals surface area contributed by atoms with Gasteiger partial charge in [-0.05, 0) is 49.9 Å². The van der Waals surface area contributed by atoms with E-state index in [4.69, 9.17) is 9.47 Å². The zero-order valence-electron chi connectivity index (χ0n) is 16.7. The number of ether oxygens (including phenoxy) is 2. The highest BCUT2D eigenvalue weighted by Crippen LogP contribution is 2.53. The molecule has 0 bridgehead atoms. The molecule has 1 saturated heterocycles. The minimum atomic E-state index is -0.767. The summed E-state index contributed by atoms with van der Waals surface area (Å²) in [6, 6.07) is 16.5. The van der Waals surface area contributed by atoms with Crippen LogP contribution in [0.15, 0.2) is 48.5 Å². The highest BCUT2D eigenvalue weighted by Gasteiger charge is 2.51. The Balaban J connectivity index is 1.76. The van der Waals surface area contributed by atoms with Crippen molar-refractivity contribution in [1.29, 1.82) is 0 Å². The summed E-state index contributed by atoms with van der Waals surface area (Å²) in [6.45, 7) is 6.16. The Labute approximate surface area is 166 Å². The van der Waals surface area contributed by atoms with Crippen molar-refractivity contribution in [3.63, 3.8) is 0 Å². The minimum absolute atomic E-state index is 0.000212. The van der Waals surface area contributed by atoms with Crippen molar-refractivity contribution in [1.82, 2.24) is 0 Å². The van der Waals surface area contributed by atoms with Crippen molar-refractivity contribution in [3.05, 3.63) is 54.1 Å². The maximum absolute atomic E-state index is 11.9. The van der Waals surface area contributed by atoms with Gasteiger partial charge in [0.2, 0.25) is 0 Å². The van der Waals surface area contributed by atoms with Crippen molar-refractivity contribution in [3.8, 4) is 16.9 Å². The fraction of sp³-hybridized carbons (Fsp3) is 0.458. The molecule has 0 amide bonds. The highest BCUT2D eigenvalue weighted by atomic mass is 16.5. The van der Waals surface area contributed by atoms with Crippen molar-refractivity contribution in [2.75, 3.05) is 0 Å². The molecule has 0 aromatic heterocycles. The molecular weight excluding hydrogens is 352 g/mol. The van der Waals surface area contributed by atoms with Crippen LogP contribution < -0.4 is 4.74 Å². The van der Waals surface area contributed by atoms with Crippen LogP contribution in [0.2, 0.25) is 0 Å². The Hall–Kier alpha value is -2.33. The quantitative estimate of drug-likeness (QED) is 0.764. The highest BCUT2D eigenvalue weighted by molar-refractivity contribution is 5.71. The molecule has 1 N–H and O–H groups in total. The van der Waals surface area contributed by atoms with Gasteiger partial charge in [0.15, 0.2) is 0 Å². The SMILES string of the molecule is CCC[C@H]1O[C@H]2c3cc(-c4ccccc4)ccc3OC(C)(C)[C@@H]2C[C@H]1C(=O)O. The van der Waals surface area contributed by atoms with Gasteiger partial charge in [-0.2, -0.15) is 0 Å². The molecule has 2 aliphatic rings. The second-order valence-electron chi connectivity index (χ2n) is 8.49. The summed E-state index contributed by atoms with van der Waals surface area (Å²) < 4.78 is 12.8. The molecule has 148 valence electrons. The Kier molecular flexibility index (Phi) is 4.92. The standard InChI is InChI=1S/C24H28O4/c1-4-8-20-18(23(25)26)14-19-22(27-20)17-13-16(15-9-6-5-7-10-15)11-12-21(17)28-24(19,2)3/h5-7,9-13,18-20,22H,4,8,14H2,1-3H3,(H,25,26)/t18-,19-,20-,22+/m1/s1.